The first-order valence-corrected chi connectivity index (χ1v) is 17.4. The molecule has 0 saturated heterocycles. The van der Waals surface area contributed by atoms with Crippen molar-refractivity contribution in [2.75, 3.05) is 6.16 Å². The zero-order valence-electron chi connectivity index (χ0n) is 18.8. The minimum absolute atomic E-state index is 0.170. The van der Waals surface area contributed by atoms with Crippen molar-refractivity contribution in [1.29, 1.82) is 0 Å². The van der Waals surface area contributed by atoms with Crippen LogP contribution in [0, 0.1) is 34.5 Å². The zero-order chi connectivity index (χ0) is 21.0. The molecule has 0 nitrogen and oxygen atoms in total. The predicted molar refractivity (Wildman–Crippen MR) is 129 cm³/mol. The van der Waals surface area contributed by atoms with Crippen LogP contribution in [0.2, 0.25) is 0 Å². The fourth-order valence-electron chi connectivity index (χ4n) is 8.82. The standard InChI is InChI=1S/C27H38P.ClH.Pd/c1-25(2,3)27(11-10-22-7-4-5-8-23(22)27)24(9-6-12-28)26-16-19-13-20(17-26)15-21(14-19)18-26;;/h4-5,7-8,10-11,19-21,24,28H,6,9,12-18H2,1-3H3;1H;/q-1;;+2/p-1. The fraction of sp³-hybridized carbons (Fsp3) is 0.704. The summed E-state index contributed by atoms with van der Waals surface area (Å²) in [6, 6.07) is 9.34. The van der Waals surface area contributed by atoms with Crippen LogP contribution in [0.3, 0.4) is 0 Å². The first kappa shape index (κ1) is 22.2. The van der Waals surface area contributed by atoms with Gasteiger partial charge in [-0.05, 0) is 0 Å². The van der Waals surface area contributed by atoms with Crippen LogP contribution in [0.4, 0.5) is 0 Å². The Morgan fingerprint density at radius 3 is 2.30 bits per heavy atom. The molecular formula is C27H38ClPPd. The molecule has 1 aromatic rings. The van der Waals surface area contributed by atoms with Crippen molar-refractivity contribution < 1.29 is 16.5 Å². The third-order valence-electron chi connectivity index (χ3n) is 9.34. The Balaban J connectivity index is 1.60. The minimum atomic E-state index is 0.170. The van der Waals surface area contributed by atoms with E-state index in [1.807, 2.05) is 0 Å². The third kappa shape index (κ3) is 3.54. The van der Waals surface area contributed by atoms with Gasteiger partial charge in [0.15, 0.2) is 0 Å². The van der Waals surface area contributed by atoms with E-state index in [-0.39, 0.29) is 10.8 Å². The molecule has 0 aromatic heterocycles. The molecule has 0 radical (unpaired) electrons. The van der Waals surface area contributed by atoms with Crippen LogP contribution in [-0.4, -0.2) is 6.16 Å². The van der Waals surface area contributed by atoms with Crippen molar-refractivity contribution in [1.82, 2.24) is 0 Å². The summed E-state index contributed by atoms with van der Waals surface area (Å²) in [5.41, 5.74) is 4.07. The molecule has 1 aromatic carbocycles. The van der Waals surface area contributed by atoms with Gasteiger partial charge in [-0.25, -0.2) is 0 Å². The summed E-state index contributed by atoms with van der Waals surface area (Å²) in [4.78, 5) is 0. The number of rotatable bonds is 7. The summed E-state index contributed by atoms with van der Waals surface area (Å²) in [5.74, 6) is 3.82. The van der Waals surface area contributed by atoms with Crippen LogP contribution in [0.15, 0.2) is 30.3 Å². The molecule has 4 fully saturated rings. The fourth-order valence-corrected chi connectivity index (χ4v) is 11.5. The van der Waals surface area contributed by atoms with E-state index in [0.717, 1.165) is 30.4 Å². The van der Waals surface area contributed by atoms with Gasteiger partial charge >= 0.3 is 199 Å². The Labute approximate surface area is 197 Å². The number of benzene rings is 1. The third-order valence-corrected chi connectivity index (χ3v) is 13.2. The first-order chi connectivity index (χ1) is 14.4. The maximum atomic E-state index is 6.12. The van der Waals surface area contributed by atoms with E-state index in [2.05, 4.69) is 57.2 Å². The zero-order valence-corrected chi connectivity index (χ0v) is 22.1. The van der Waals surface area contributed by atoms with Crippen LogP contribution in [0.1, 0.15) is 83.3 Å². The summed E-state index contributed by atoms with van der Waals surface area (Å²) in [6.07, 6.45) is 18.4. The molecule has 3 heteroatoms. The Morgan fingerprint density at radius 1 is 1.07 bits per heavy atom. The molecule has 0 heterocycles. The average molecular weight is 535 g/mol. The molecule has 0 N–H and O–H groups in total. The predicted octanol–water partition coefficient (Wildman–Crippen LogP) is 8.44. The Kier molecular flexibility index (Phi) is 6.12. The van der Waals surface area contributed by atoms with Crippen molar-refractivity contribution in [2.24, 2.45) is 34.5 Å². The van der Waals surface area contributed by atoms with Gasteiger partial charge < -0.3 is 0 Å². The molecule has 5 aliphatic rings. The molecule has 6 rings (SSSR count). The van der Waals surface area contributed by atoms with Crippen LogP contribution < -0.4 is 0 Å². The van der Waals surface area contributed by atoms with Gasteiger partial charge in [-0.15, -0.1) is 0 Å². The first-order valence-electron chi connectivity index (χ1n) is 12.1. The van der Waals surface area contributed by atoms with Crippen LogP contribution in [0.25, 0.3) is 6.08 Å². The van der Waals surface area contributed by atoms with E-state index in [0.29, 0.717) is 21.9 Å². The molecule has 3 unspecified atom stereocenters. The molecule has 4 saturated carbocycles. The Bertz CT molecular complexity index is 774. The van der Waals surface area contributed by atoms with Crippen molar-refractivity contribution in [3.05, 3.63) is 41.5 Å². The second kappa shape index (κ2) is 8.28. The second-order valence-electron chi connectivity index (χ2n) is 11.9. The summed E-state index contributed by atoms with van der Waals surface area (Å²) >= 11 is 0.433. The maximum absolute atomic E-state index is 6.12. The van der Waals surface area contributed by atoms with E-state index < -0.39 is 0 Å². The van der Waals surface area contributed by atoms with Gasteiger partial charge in [-0.3, -0.25) is 0 Å². The number of hydrogen-bond acceptors (Lipinski definition) is 0. The van der Waals surface area contributed by atoms with Crippen molar-refractivity contribution in [3.63, 3.8) is 0 Å². The van der Waals surface area contributed by atoms with Gasteiger partial charge in [0.1, 0.15) is 0 Å². The molecule has 0 amide bonds. The van der Waals surface area contributed by atoms with Crippen molar-refractivity contribution in [3.8, 4) is 0 Å². The topological polar surface area (TPSA) is 0 Å². The van der Waals surface area contributed by atoms with E-state index in [4.69, 9.17) is 9.53 Å². The quantitative estimate of drug-likeness (QED) is 0.187. The molecular weight excluding hydrogens is 497 g/mol. The van der Waals surface area contributed by atoms with Gasteiger partial charge in [0.05, 0.1) is 0 Å². The second-order valence-corrected chi connectivity index (χ2v) is 17.4. The summed E-state index contributed by atoms with van der Waals surface area (Å²) in [6.45, 7) is 8.55. The van der Waals surface area contributed by atoms with Gasteiger partial charge in [-0.1, -0.05) is 0 Å². The van der Waals surface area contributed by atoms with Gasteiger partial charge in [0, 0.05) is 0 Å². The molecule has 3 atom stereocenters. The number of halogens is 1. The molecule has 5 aliphatic carbocycles. The summed E-state index contributed by atoms with van der Waals surface area (Å²) in [5, 5.41) is 0. The van der Waals surface area contributed by atoms with Gasteiger partial charge in [0.25, 0.3) is 0 Å². The molecule has 0 aliphatic heterocycles. The molecule has 4 bridgehead atoms. The normalized spacial score (nSPS) is 38.1. The van der Waals surface area contributed by atoms with E-state index in [9.17, 15) is 0 Å². The number of hydrogen-bond donors (Lipinski definition) is 0. The van der Waals surface area contributed by atoms with Gasteiger partial charge in [-0.2, -0.15) is 0 Å². The van der Waals surface area contributed by atoms with Crippen LogP contribution in [-0.2, 0) is 21.9 Å². The monoisotopic (exact) mass is 534 g/mol. The average Bonchev–Trinajstić information content (AvgIpc) is 3.07. The number of allylic oxidation sites excluding steroid dienone is 1. The Hall–Kier alpha value is 0.342. The van der Waals surface area contributed by atoms with E-state index >= 15 is 0 Å². The van der Waals surface area contributed by atoms with E-state index in [1.54, 1.807) is 5.56 Å². The molecule has 30 heavy (non-hydrogen) atoms. The number of fused-ring (bicyclic) bond motifs is 1. The van der Waals surface area contributed by atoms with Crippen molar-refractivity contribution in [2.45, 2.75) is 77.6 Å². The molecule has 0 spiro atoms. The SMILES string of the molecule is CC(C)(C)C1(C(CCC[PH][Pd][Cl])C23CC4CC(CC(C4)C2)C3)C=Cc2ccccc21. The van der Waals surface area contributed by atoms with Crippen LogP contribution in [0.5, 0.6) is 0 Å². The van der Waals surface area contributed by atoms with Gasteiger partial charge in [0.2, 0.25) is 0 Å². The summed E-state index contributed by atoms with van der Waals surface area (Å²) < 4.78 is 0. The Morgan fingerprint density at radius 2 is 1.70 bits per heavy atom. The van der Waals surface area contributed by atoms with Crippen molar-refractivity contribution >= 4 is 22.4 Å². The molecule has 168 valence electrons. The summed E-state index contributed by atoms with van der Waals surface area (Å²) in [7, 11) is 6.12. The van der Waals surface area contributed by atoms with E-state index in [1.165, 1.54) is 63.1 Å². The van der Waals surface area contributed by atoms with Crippen LogP contribution >= 0.6 is 16.3 Å².